The topological polar surface area (TPSA) is 66.6 Å². The summed E-state index contributed by atoms with van der Waals surface area (Å²) < 4.78 is 2.06. The monoisotopic (exact) mass is 454 g/mol. The molecular weight excluding hydrogens is 432 g/mol. The molecular formula is C25H22N6OS. The predicted molar refractivity (Wildman–Crippen MR) is 131 cm³/mol. The predicted octanol–water partition coefficient (Wildman–Crippen LogP) is 3.90. The van der Waals surface area contributed by atoms with Crippen LogP contribution in [0.25, 0.3) is 27.9 Å². The van der Waals surface area contributed by atoms with E-state index in [9.17, 15) is 4.79 Å². The zero-order chi connectivity index (χ0) is 22.2. The van der Waals surface area contributed by atoms with Gasteiger partial charge in [-0.25, -0.2) is 9.38 Å². The number of carbonyl (C=O) groups excluding carboxylic acids is 1. The molecule has 1 aliphatic heterocycles. The number of hydrogen-bond donors (Lipinski definition) is 0. The van der Waals surface area contributed by atoms with Crippen LogP contribution in [0.2, 0.25) is 0 Å². The zero-order valence-corrected chi connectivity index (χ0v) is 18.8. The van der Waals surface area contributed by atoms with E-state index in [0.717, 1.165) is 38.8 Å². The molecule has 0 aliphatic carbocycles. The lowest BCUT2D eigenvalue weighted by Gasteiger charge is -2.35. The first-order valence-corrected chi connectivity index (χ1v) is 11.9. The van der Waals surface area contributed by atoms with E-state index in [2.05, 4.69) is 19.5 Å². The van der Waals surface area contributed by atoms with E-state index in [1.165, 1.54) is 0 Å². The summed E-state index contributed by atoms with van der Waals surface area (Å²) in [5.74, 6) is 1.77. The summed E-state index contributed by atoms with van der Waals surface area (Å²) in [6, 6.07) is 22.1. The first-order chi connectivity index (χ1) is 16.3. The van der Waals surface area contributed by atoms with Crippen LogP contribution >= 0.6 is 11.3 Å². The Morgan fingerprint density at radius 1 is 0.879 bits per heavy atom. The highest BCUT2D eigenvalue weighted by molar-refractivity contribution is 7.10. The molecule has 8 heteroatoms. The molecule has 0 radical (unpaired) electrons. The number of anilines is 1. The molecule has 1 fully saturated rings. The van der Waals surface area contributed by atoms with Crippen molar-refractivity contribution in [1.29, 1.82) is 0 Å². The van der Waals surface area contributed by atoms with E-state index < -0.39 is 0 Å². The lowest BCUT2D eigenvalue weighted by molar-refractivity contribution is -0.130. The number of carbonyl (C=O) groups is 1. The number of amides is 1. The number of nitrogens with zero attached hydrogens (tertiary/aromatic N) is 6. The zero-order valence-electron chi connectivity index (χ0n) is 18.0. The SMILES string of the molecule is O=C(Cc1cccs1)N1CCN(c2nc3ccccc3c3nnc(-c4ccccc4)n23)CC1. The fourth-order valence-corrected chi connectivity index (χ4v) is 5.08. The number of thiophene rings is 1. The molecule has 33 heavy (non-hydrogen) atoms. The van der Waals surface area contributed by atoms with E-state index in [1.807, 2.05) is 77.0 Å². The summed E-state index contributed by atoms with van der Waals surface area (Å²) in [6.45, 7) is 2.76. The Labute approximate surface area is 194 Å². The highest BCUT2D eigenvalue weighted by Crippen LogP contribution is 2.29. The van der Waals surface area contributed by atoms with Gasteiger partial charge in [-0.1, -0.05) is 48.5 Å². The lowest BCUT2D eigenvalue weighted by atomic mass is 10.2. The van der Waals surface area contributed by atoms with Gasteiger partial charge in [0, 0.05) is 42.0 Å². The van der Waals surface area contributed by atoms with Crippen LogP contribution in [0.4, 0.5) is 5.95 Å². The van der Waals surface area contributed by atoms with Gasteiger partial charge in [0.15, 0.2) is 11.5 Å². The third-order valence-electron chi connectivity index (χ3n) is 6.08. The van der Waals surface area contributed by atoms with Crippen molar-refractivity contribution in [1.82, 2.24) is 24.5 Å². The Kier molecular flexibility index (Phi) is 4.99. The molecule has 1 amide bonds. The minimum Gasteiger partial charge on any atom is -0.339 e. The number of hydrogen-bond acceptors (Lipinski definition) is 6. The summed E-state index contributed by atoms with van der Waals surface area (Å²) >= 11 is 1.63. The van der Waals surface area contributed by atoms with Crippen LogP contribution in [-0.2, 0) is 11.2 Å². The number of para-hydroxylation sites is 1. The van der Waals surface area contributed by atoms with Gasteiger partial charge in [0.2, 0.25) is 11.9 Å². The average Bonchev–Trinajstić information content (AvgIpc) is 3.55. The third-order valence-corrected chi connectivity index (χ3v) is 6.96. The Hall–Kier alpha value is -3.78. The van der Waals surface area contributed by atoms with Crippen LogP contribution in [0.3, 0.4) is 0 Å². The molecule has 6 rings (SSSR count). The number of benzene rings is 2. The molecule has 0 unspecified atom stereocenters. The van der Waals surface area contributed by atoms with Gasteiger partial charge in [0.25, 0.3) is 0 Å². The molecule has 4 heterocycles. The van der Waals surface area contributed by atoms with E-state index in [-0.39, 0.29) is 5.91 Å². The molecule has 0 N–H and O–H groups in total. The van der Waals surface area contributed by atoms with E-state index in [4.69, 9.17) is 4.98 Å². The van der Waals surface area contributed by atoms with Crippen molar-refractivity contribution < 1.29 is 4.79 Å². The smallest absolute Gasteiger partial charge is 0.227 e. The maximum atomic E-state index is 12.8. The summed E-state index contributed by atoms with van der Waals surface area (Å²) in [4.78, 5) is 23.1. The number of piperazine rings is 1. The standard InChI is InChI=1S/C25H22N6OS/c32-22(17-19-9-6-16-33-19)29-12-14-30(15-13-29)25-26-21-11-5-4-10-20(21)24-28-27-23(31(24)25)18-7-2-1-3-8-18/h1-11,16H,12-15,17H2. The summed E-state index contributed by atoms with van der Waals surface area (Å²) in [5, 5.41) is 12.1. The van der Waals surface area contributed by atoms with Crippen molar-refractivity contribution in [2.45, 2.75) is 6.42 Å². The molecule has 0 atom stereocenters. The Bertz CT molecular complexity index is 1420. The fraction of sp³-hybridized carbons (Fsp3) is 0.200. The normalized spacial score (nSPS) is 14.3. The summed E-state index contributed by atoms with van der Waals surface area (Å²) in [7, 11) is 0. The van der Waals surface area contributed by atoms with Crippen LogP contribution in [-0.4, -0.2) is 56.6 Å². The minimum absolute atomic E-state index is 0.183. The van der Waals surface area contributed by atoms with Crippen molar-refractivity contribution in [3.63, 3.8) is 0 Å². The molecule has 0 bridgehead atoms. The fourth-order valence-electron chi connectivity index (χ4n) is 4.38. The van der Waals surface area contributed by atoms with Gasteiger partial charge in [0.05, 0.1) is 11.9 Å². The van der Waals surface area contributed by atoms with Crippen LogP contribution in [0.15, 0.2) is 72.1 Å². The van der Waals surface area contributed by atoms with Crippen molar-refractivity contribution in [2.24, 2.45) is 0 Å². The highest BCUT2D eigenvalue weighted by atomic mass is 32.1. The summed E-state index contributed by atoms with van der Waals surface area (Å²) in [5.41, 5.74) is 2.68. The van der Waals surface area contributed by atoms with Crippen LogP contribution in [0.1, 0.15) is 4.88 Å². The highest BCUT2D eigenvalue weighted by Gasteiger charge is 2.26. The molecule has 7 nitrogen and oxygen atoms in total. The van der Waals surface area contributed by atoms with Gasteiger partial charge in [0.1, 0.15) is 0 Å². The van der Waals surface area contributed by atoms with Crippen LogP contribution < -0.4 is 4.90 Å². The second-order valence-corrected chi connectivity index (χ2v) is 9.13. The second kappa shape index (κ2) is 8.29. The molecule has 0 spiro atoms. The Morgan fingerprint density at radius 2 is 1.67 bits per heavy atom. The molecule has 1 aliphatic rings. The lowest BCUT2D eigenvalue weighted by Crippen LogP contribution is -2.49. The Balaban J connectivity index is 1.36. The van der Waals surface area contributed by atoms with E-state index in [1.54, 1.807) is 11.3 Å². The van der Waals surface area contributed by atoms with Gasteiger partial charge in [-0.05, 0) is 23.6 Å². The Morgan fingerprint density at radius 3 is 2.45 bits per heavy atom. The van der Waals surface area contributed by atoms with Gasteiger partial charge in [-0.15, -0.1) is 21.5 Å². The first kappa shape index (κ1) is 19.9. The quantitative estimate of drug-likeness (QED) is 0.412. The van der Waals surface area contributed by atoms with E-state index in [0.29, 0.717) is 32.6 Å². The van der Waals surface area contributed by atoms with Gasteiger partial charge in [-0.2, -0.15) is 0 Å². The van der Waals surface area contributed by atoms with Crippen molar-refractivity contribution in [3.8, 4) is 11.4 Å². The molecule has 164 valence electrons. The maximum Gasteiger partial charge on any atom is 0.227 e. The maximum absolute atomic E-state index is 12.8. The van der Waals surface area contributed by atoms with Crippen molar-refractivity contribution in [3.05, 3.63) is 77.0 Å². The van der Waals surface area contributed by atoms with Gasteiger partial charge < -0.3 is 9.80 Å². The third kappa shape index (κ3) is 3.62. The second-order valence-electron chi connectivity index (χ2n) is 8.10. The van der Waals surface area contributed by atoms with Crippen molar-refractivity contribution in [2.75, 3.05) is 31.1 Å². The minimum atomic E-state index is 0.183. The molecule has 1 saturated heterocycles. The average molecular weight is 455 g/mol. The van der Waals surface area contributed by atoms with Crippen LogP contribution in [0, 0.1) is 0 Å². The number of fused-ring (bicyclic) bond motifs is 3. The molecule has 5 aromatic rings. The van der Waals surface area contributed by atoms with Crippen molar-refractivity contribution >= 4 is 39.7 Å². The summed E-state index contributed by atoms with van der Waals surface area (Å²) in [6.07, 6.45) is 0.472. The molecule has 3 aromatic heterocycles. The molecule has 0 saturated carbocycles. The van der Waals surface area contributed by atoms with Gasteiger partial charge in [-0.3, -0.25) is 4.79 Å². The van der Waals surface area contributed by atoms with Gasteiger partial charge >= 0.3 is 0 Å². The van der Waals surface area contributed by atoms with E-state index >= 15 is 0 Å². The first-order valence-electron chi connectivity index (χ1n) is 11.0. The largest absolute Gasteiger partial charge is 0.339 e. The number of aromatic nitrogens is 4. The number of rotatable bonds is 4. The molecule has 2 aromatic carbocycles. The van der Waals surface area contributed by atoms with Crippen LogP contribution in [0.5, 0.6) is 0 Å².